The van der Waals surface area contributed by atoms with Gasteiger partial charge in [-0.15, -0.1) is 0 Å². The summed E-state index contributed by atoms with van der Waals surface area (Å²) in [6.45, 7) is 4.81. The first kappa shape index (κ1) is 11.9. The molecular weight excluding hydrogens is 313 g/mol. The van der Waals surface area contributed by atoms with E-state index in [1.165, 1.54) is 6.07 Å². The summed E-state index contributed by atoms with van der Waals surface area (Å²) in [6, 6.07) is 5.03. The molecule has 1 aromatic rings. The zero-order chi connectivity index (χ0) is 10.6. The predicted molar refractivity (Wildman–Crippen MR) is 63.9 cm³/mol. The summed E-state index contributed by atoms with van der Waals surface area (Å²) in [5.41, 5.74) is 0.655. The van der Waals surface area contributed by atoms with Crippen LogP contribution in [0, 0.1) is 5.82 Å². The van der Waals surface area contributed by atoms with Crippen LogP contribution in [-0.4, -0.2) is 6.54 Å². The smallest absolute Gasteiger partial charge is 0.128 e. The van der Waals surface area contributed by atoms with Gasteiger partial charge in [0.2, 0.25) is 0 Å². The fraction of sp³-hybridized carbons (Fsp3) is 0.200. The van der Waals surface area contributed by atoms with Crippen molar-refractivity contribution in [3.05, 3.63) is 45.1 Å². The van der Waals surface area contributed by atoms with Gasteiger partial charge in [0.25, 0.3) is 0 Å². The molecule has 1 nitrogen and oxygen atoms in total. The van der Waals surface area contributed by atoms with Crippen molar-refractivity contribution in [2.24, 2.45) is 0 Å². The highest BCUT2D eigenvalue weighted by atomic mass is 79.9. The van der Waals surface area contributed by atoms with E-state index in [0.29, 0.717) is 18.7 Å². The predicted octanol–water partition coefficient (Wildman–Crippen LogP) is 3.59. The van der Waals surface area contributed by atoms with Crippen LogP contribution >= 0.6 is 31.9 Å². The van der Waals surface area contributed by atoms with Gasteiger partial charge in [-0.05, 0) is 12.1 Å². The first-order valence-electron chi connectivity index (χ1n) is 4.07. The lowest BCUT2D eigenvalue weighted by molar-refractivity contribution is 0.595. The van der Waals surface area contributed by atoms with Crippen LogP contribution in [0.25, 0.3) is 0 Å². The third-order valence-corrected chi connectivity index (χ3v) is 2.42. The Balaban J connectivity index is 2.55. The summed E-state index contributed by atoms with van der Waals surface area (Å²) in [6.07, 6.45) is 0. The van der Waals surface area contributed by atoms with Crippen LogP contribution in [-0.2, 0) is 6.54 Å². The summed E-state index contributed by atoms with van der Waals surface area (Å²) >= 11 is 6.43. The molecule has 0 aromatic heterocycles. The normalized spacial score (nSPS) is 10.2. The third-order valence-electron chi connectivity index (χ3n) is 1.65. The zero-order valence-electron chi connectivity index (χ0n) is 7.49. The van der Waals surface area contributed by atoms with Crippen LogP contribution in [0.3, 0.4) is 0 Å². The minimum atomic E-state index is -0.202. The molecule has 1 rings (SSSR count). The fourth-order valence-electron chi connectivity index (χ4n) is 0.998. The van der Waals surface area contributed by atoms with E-state index in [9.17, 15) is 4.39 Å². The quantitative estimate of drug-likeness (QED) is 0.893. The lowest BCUT2D eigenvalue weighted by Crippen LogP contribution is -2.15. The average molecular weight is 323 g/mol. The lowest BCUT2D eigenvalue weighted by Gasteiger charge is -2.05. The Bertz CT molecular complexity index is 339. The van der Waals surface area contributed by atoms with Gasteiger partial charge in [-0.3, -0.25) is 0 Å². The molecule has 0 atom stereocenters. The standard InChI is InChI=1S/C10H10Br2FN/c1-7(11)5-14-6-8-2-3-9(12)4-10(8)13/h2-4,14H,1,5-6H2. The summed E-state index contributed by atoms with van der Waals surface area (Å²) < 4.78 is 14.9. The molecule has 1 aromatic carbocycles. The molecule has 0 radical (unpaired) electrons. The van der Waals surface area contributed by atoms with E-state index in [-0.39, 0.29) is 5.82 Å². The van der Waals surface area contributed by atoms with Crippen molar-refractivity contribution in [1.82, 2.24) is 5.32 Å². The number of hydrogen-bond acceptors (Lipinski definition) is 1. The summed E-state index contributed by atoms with van der Waals surface area (Å²) in [7, 11) is 0. The average Bonchev–Trinajstić information content (AvgIpc) is 2.08. The minimum absolute atomic E-state index is 0.202. The maximum Gasteiger partial charge on any atom is 0.128 e. The summed E-state index contributed by atoms with van der Waals surface area (Å²) in [5, 5.41) is 3.06. The molecule has 0 saturated carbocycles. The van der Waals surface area contributed by atoms with E-state index >= 15 is 0 Å². The van der Waals surface area contributed by atoms with Gasteiger partial charge in [0.1, 0.15) is 5.82 Å². The van der Waals surface area contributed by atoms with Gasteiger partial charge in [0.15, 0.2) is 0 Å². The lowest BCUT2D eigenvalue weighted by atomic mass is 10.2. The van der Waals surface area contributed by atoms with Crippen molar-refractivity contribution in [3.63, 3.8) is 0 Å². The molecular formula is C10H10Br2FN. The van der Waals surface area contributed by atoms with Crippen molar-refractivity contribution < 1.29 is 4.39 Å². The first-order chi connectivity index (χ1) is 6.59. The van der Waals surface area contributed by atoms with Crippen LogP contribution < -0.4 is 5.32 Å². The Labute approximate surface area is 99.7 Å². The summed E-state index contributed by atoms with van der Waals surface area (Å²) in [5.74, 6) is -0.202. The molecule has 76 valence electrons. The molecule has 0 saturated heterocycles. The Morgan fingerprint density at radius 1 is 1.50 bits per heavy atom. The molecule has 0 aliphatic carbocycles. The van der Waals surface area contributed by atoms with Crippen molar-refractivity contribution in [2.75, 3.05) is 6.54 Å². The monoisotopic (exact) mass is 321 g/mol. The van der Waals surface area contributed by atoms with E-state index < -0.39 is 0 Å². The van der Waals surface area contributed by atoms with E-state index in [4.69, 9.17) is 0 Å². The molecule has 0 aliphatic rings. The van der Waals surface area contributed by atoms with Gasteiger partial charge in [-0.25, -0.2) is 4.39 Å². The van der Waals surface area contributed by atoms with Gasteiger partial charge in [0.05, 0.1) is 0 Å². The first-order valence-corrected chi connectivity index (χ1v) is 5.66. The molecule has 0 aliphatic heterocycles. The topological polar surface area (TPSA) is 12.0 Å². The fourth-order valence-corrected chi connectivity index (χ4v) is 1.53. The maximum absolute atomic E-state index is 13.3. The molecule has 14 heavy (non-hydrogen) atoms. The van der Waals surface area contributed by atoms with Crippen molar-refractivity contribution in [2.45, 2.75) is 6.54 Å². The second kappa shape index (κ2) is 5.63. The SMILES string of the molecule is C=C(Br)CNCc1ccc(Br)cc1F. The Morgan fingerprint density at radius 2 is 2.21 bits per heavy atom. The van der Waals surface area contributed by atoms with Gasteiger partial charge in [0, 0.05) is 27.6 Å². The van der Waals surface area contributed by atoms with E-state index in [1.54, 1.807) is 6.07 Å². The highest BCUT2D eigenvalue weighted by molar-refractivity contribution is 9.11. The molecule has 0 spiro atoms. The Hall–Kier alpha value is -0.190. The minimum Gasteiger partial charge on any atom is -0.308 e. The van der Waals surface area contributed by atoms with Gasteiger partial charge < -0.3 is 5.32 Å². The molecule has 0 unspecified atom stereocenters. The van der Waals surface area contributed by atoms with Crippen LogP contribution in [0.5, 0.6) is 0 Å². The number of benzene rings is 1. The third kappa shape index (κ3) is 3.90. The highest BCUT2D eigenvalue weighted by Gasteiger charge is 2.01. The molecule has 1 N–H and O–H groups in total. The van der Waals surface area contributed by atoms with Gasteiger partial charge in [-0.1, -0.05) is 44.5 Å². The van der Waals surface area contributed by atoms with E-state index in [2.05, 4.69) is 43.8 Å². The Morgan fingerprint density at radius 3 is 2.79 bits per heavy atom. The molecule has 0 amide bonds. The Kier molecular flexibility index (Phi) is 4.78. The zero-order valence-corrected chi connectivity index (χ0v) is 10.7. The summed E-state index contributed by atoms with van der Waals surface area (Å²) in [4.78, 5) is 0. The molecule has 0 heterocycles. The molecule has 0 bridgehead atoms. The van der Waals surface area contributed by atoms with Crippen LogP contribution in [0.1, 0.15) is 5.56 Å². The van der Waals surface area contributed by atoms with Crippen LogP contribution in [0.2, 0.25) is 0 Å². The van der Waals surface area contributed by atoms with Crippen LogP contribution in [0.15, 0.2) is 33.7 Å². The number of hydrogen-bond donors (Lipinski definition) is 1. The molecule has 0 fully saturated rings. The number of rotatable bonds is 4. The van der Waals surface area contributed by atoms with Gasteiger partial charge in [-0.2, -0.15) is 0 Å². The molecule has 4 heteroatoms. The number of halogens is 3. The van der Waals surface area contributed by atoms with Crippen molar-refractivity contribution >= 4 is 31.9 Å². The highest BCUT2D eigenvalue weighted by Crippen LogP contribution is 2.15. The van der Waals surface area contributed by atoms with E-state index in [0.717, 1.165) is 8.96 Å². The second-order valence-electron chi connectivity index (χ2n) is 2.86. The van der Waals surface area contributed by atoms with Crippen molar-refractivity contribution in [1.29, 1.82) is 0 Å². The largest absolute Gasteiger partial charge is 0.308 e. The van der Waals surface area contributed by atoms with Gasteiger partial charge >= 0.3 is 0 Å². The van der Waals surface area contributed by atoms with E-state index in [1.807, 2.05) is 6.07 Å². The number of nitrogens with one attached hydrogen (secondary N) is 1. The van der Waals surface area contributed by atoms with Crippen molar-refractivity contribution in [3.8, 4) is 0 Å². The van der Waals surface area contributed by atoms with Crippen LogP contribution in [0.4, 0.5) is 4.39 Å². The maximum atomic E-state index is 13.3. The second-order valence-corrected chi connectivity index (χ2v) is 4.89.